The zero-order valence-electron chi connectivity index (χ0n) is 17.3. The van der Waals surface area contributed by atoms with Crippen molar-refractivity contribution in [2.75, 3.05) is 32.0 Å². The molecule has 152 valence electrons. The van der Waals surface area contributed by atoms with Gasteiger partial charge in [0, 0.05) is 51.1 Å². The predicted molar refractivity (Wildman–Crippen MR) is 113 cm³/mol. The summed E-state index contributed by atoms with van der Waals surface area (Å²) in [7, 11) is 1.78. The molecule has 3 atom stereocenters. The quantitative estimate of drug-likeness (QED) is 0.868. The second kappa shape index (κ2) is 7.85. The average molecular weight is 393 g/mol. The molecule has 2 aromatic rings. The summed E-state index contributed by atoms with van der Waals surface area (Å²) in [5.74, 6) is 1.36. The van der Waals surface area contributed by atoms with Crippen molar-refractivity contribution in [2.45, 2.75) is 26.3 Å². The molecule has 29 heavy (non-hydrogen) atoms. The first kappa shape index (κ1) is 19.4. The second-order valence-corrected chi connectivity index (χ2v) is 7.98. The van der Waals surface area contributed by atoms with Crippen molar-refractivity contribution in [3.63, 3.8) is 0 Å². The Labute approximate surface area is 171 Å². The van der Waals surface area contributed by atoms with Gasteiger partial charge in [-0.25, -0.2) is 4.98 Å². The number of aromatic nitrogens is 1. The highest BCUT2D eigenvalue weighted by molar-refractivity contribution is 5.98. The molecule has 1 aromatic heterocycles. The molecule has 2 aliphatic heterocycles. The van der Waals surface area contributed by atoms with Crippen molar-refractivity contribution in [1.82, 2.24) is 14.8 Å². The lowest BCUT2D eigenvalue weighted by atomic mass is 9.87. The lowest BCUT2D eigenvalue weighted by Crippen LogP contribution is -2.37. The number of hydrogen-bond donors (Lipinski definition) is 1. The summed E-state index contributed by atoms with van der Waals surface area (Å²) >= 11 is 0. The highest BCUT2D eigenvalue weighted by Gasteiger charge is 2.50. The minimum Gasteiger partial charge on any atom is -0.372 e. The number of fused-ring (bicyclic) bond motifs is 1. The smallest absolute Gasteiger partial charge is 0.257 e. The number of nitrogens with one attached hydrogen (secondary N) is 1. The van der Waals surface area contributed by atoms with E-state index in [0.29, 0.717) is 43.4 Å². The maximum absolute atomic E-state index is 13.2. The van der Waals surface area contributed by atoms with E-state index in [4.69, 9.17) is 0 Å². The van der Waals surface area contributed by atoms with Gasteiger partial charge >= 0.3 is 0 Å². The fourth-order valence-corrected chi connectivity index (χ4v) is 4.94. The molecule has 1 aromatic carbocycles. The number of carbonyl (C=O) groups excluding carboxylic acids is 2. The van der Waals surface area contributed by atoms with Crippen LogP contribution in [0, 0.1) is 18.8 Å². The molecule has 2 amide bonds. The highest BCUT2D eigenvalue weighted by atomic mass is 16.2. The van der Waals surface area contributed by atoms with Crippen LogP contribution in [-0.4, -0.2) is 53.3 Å². The lowest BCUT2D eigenvalue weighted by Gasteiger charge is -2.31. The van der Waals surface area contributed by atoms with E-state index in [2.05, 4.69) is 29.4 Å². The molecule has 2 aliphatic rings. The van der Waals surface area contributed by atoms with Crippen LogP contribution in [0.15, 0.2) is 42.6 Å². The number of hydrogen-bond acceptors (Lipinski definition) is 4. The van der Waals surface area contributed by atoms with Gasteiger partial charge in [-0.15, -0.1) is 0 Å². The first-order chi connectivity index (χ1) is 14.0. The van der Waals surface area contributed by atoms with Crippen LogP contribution in [0.3, 0.4) is 0 Å². The van der Waals surface area contributed by atoms with Crippen molar-refractivity contribution in [2.24, 2.45) is 11.8 Å². The fraction of sp³-hybridized carbons (Fsp3) is 0.435. The average Bonchev–Trinajstić information content (AvgIpc) is 3.31. The third kappa shape index (κ3) is 3.37. The first-order valence-corrected chi connectivity index (χ1v) is 10.3. The number of pyridine rings is 1. The molecular weight excluding hydrogens is 364 g/mol. The minimum absolute atomic E-state index is 0.00810. The number of anilines is 1. The number of benzene rings is 1. The molecule has 2 fully saturated rings. The Bertz CT molecular complexity index is 929. The molecule has 2 saturated heterocycles. The molecule has 0 saturated carbocycles. The fourth-order valence-electron chi connectivity index (χ4n) is 4.94. The van der Waals surface area contributed by atoms with Crippen molar-refractivity contribution in [1.29, 1.82) is 0 Å². The van der Waals surface area contributed by atoms with Gasteiger partial charge in [0.2, 0.25) is 5.91 Å². The topological polar surface area (TPSA) is 65.5 Å². The van der Waals surface area contributed by atoms with Crippen molar-refractivity contribution in [3.05, 3.63) is 59.3 Å². The summed E-state index contributed by atoms with van der Waals surface area (Å²) in [5, 5.41) is 3.01. The van der Waals surface area contributed by atoms with E-state index >= 15 is 0 Å². The minimum atomic E-state index is 0.00810. The summed E-state index contributed by atoms with van der Waals surface area (Å²) in [4.78, 5) is 34.1. The molecule has 6 nitrogen and oxygen atoms in total. The third-order valence-corrected chi connectivity index (χ3v) is 6.36. The lowest BCUT2D eigenvalue weighted by molar-refractivity contribution is -0.132. The largest absolute Gasteiger partial charge is 0.372 e. The van der Waals surface area contributed by atoms with Crippen LogP contribution in [-0.2, 0) is 4.79 Å². The van der Waals surface area contributed by atoms with Crippen molar-refractivity contribution >= 4 is 17.6 Å². The maximum Gasteiger partial charge on any atom is 0.257 e. The summed E-state index contributed by atoms with van der Waals surface area (Å²) in [6, 6.07) is 11.9. The Kier molecular flexibility index (Phi) is 5.26. The Morgan fingerprint density at radius 2 is 1.93 bits per heavy atom. The summed E-state index contributed by atoms with van der Waals surface area (Å²) in [5.41, 5.74) is 3.00. The molecule has 1 N–H and O–H groups in total. The van der Waals surface area contributed by atoms with Gasteiger partial charge in [-0.2, -0.15) is 0 Å². The van der Waals surface area contributed by atoms with E-state index in [0.717, 1.165) is 0 Å². The van der Waals surface area contributed by atoms with Crippen LogP contribution in [0.5, 0.6) is 0 Å². The molecule has 0 radical (unpaired) electrons. The zero-order valence-corrected chi connectivity index (χ0v) is 17.3. The Morgan fingerprint density at radius 3 is 2.66 bits per heavy atom. The van der Waals surface area contributed by atoms with Gasteiger partial charge in [-0.1, -0.05) is 31.2 Å². The molecule has 0 unspecified atom stereocenters. The number of amides is 2. The van der Waals surface area contributed by atoms with E-state index < -0.39 is 0 Å². The van der Waals surface area contributed by atoms with Crippen LogP contribution in [0.1, 0.15) is 40.9 Å². The van der Waals surface area contributed by atoms with Crippen molar-refractivity contribution < 1.29 is 9.59 Å². The SMILES string of the molecule is CCC(=O)N1C[C@@H]2CN(C(=O)c3cccnc3NC)C[C@@H]2[C@H]1c1ccccc1C. The molecule has 0 spiro atoms. The first-order valence-electron chi connectivity index (χ1n) is 10.3. The Balaban J connectivity index is 1.63. The number of rotatable bonds is 4. The molecule has 6 heteroatoms. The Morgan fingerprint density at radius 1 is 1.14 bits per heavy atom. The summed E-state index contributed by atoms with van der Waals surface area (Å²) < 4.78 is 0. The van der Waals surface area contributed by atoms with Gasteiger partial charge in [-0.3, -0.25) is 9.59 Å². The normalized spacial score (nSPS) is 23.2. The van der Waals surface area contributed by atoms with Crippen LogP contribution >= 0.6 is 0 Å². The third-order valence-electron chi connectivity index (χ3n) is 6.36. The zero-order chi connectivity index (χ0) is 20.5. The van der Waals surface area contributed by atoms with E-state index in [1.807, 2.05) is 34.9 Å². The summed E-state index contributed by atoms with van der Waals surface area (Å²) in [6.45, 7) is 6.07. The molecule has 0 bridgehead atoms. The van der Waals surface area contributed by atoms with Gasteiger partial charge in [0.15, 0.2) is 0 Å². The van der Waals surface area contributed by atoms with E-state index in [-0.39, 0.29) is 23.8 Å². The van der Waals surface area contributed by atoms with E-state index in [9.17, 15) is 9.59 Å². The van der Waals surface area contributed by atoms with Crippen LogP contribution in [0.25, 0.3) is 0 Å². The van der Waals surface area contributed by atoms with Gasteiger partial charge < -0.3 is 15.1 Å². The predicted octanol–water partition coefficient (Wildman–Crippen LogP) is 3.11. The van der Waals surface area contributed by atoms with Crippen molar-refractivity contribution in [3.8, 4) is 0 Å². The molecule has 4 rings (SSSR count). The van der Waals surface area contributed by atoms with Gasteiger partial charge in [0.1, 0.15) is 5.82 Å². The maximum atomic E-state index is 13.2. The van der Waals surface area contributed by atoms with Gasteiger partial charge in [-0.05, 0) is 30.2 Å². The van der Waals surface area contributed by atoms with Gasteiger partial charge in [0.25, 0.3) is 5.91 Å². The summed E-state index contributed by atoms with van der Waals surface area (Å²) in [6.07, 6.45) is 2.19. The molecular formula is C23H28N4O2. The van der Waals surface area contributed by atoms with E-state index in [1.165, 1.54) is 11.1 Å². The molecule has 0 aliphatic carbocycles. The number of likely N-dealkylation sites (tertiary alicyclic amines) is 2. The molecule has 3 heterocycles. The van der Waals surface area contributed by atoms with Crippen LogP contribution in [0.4, 0.5) is 5.82 Å². The monoisotopic (exact) mass is 392 g/mol. The van der Waals surface area contributed by atoms with Crippen LogP contribution in [0.2, 0.25) is 0 Å². The standard InChI is InChI=1S/C23H28N4O2/c1-4-20(28)27-13-16-12-26(23(29)18-10-7-11-25-22(18)24-3)14-19(16)21(27)17-9-6-5-8-15(17)2/h5-11,16,19,21H,4,12-14H2,1-3H3,(H,24,25)/t16-,19-,21+/m0/s1. The number of carbonyl (C=O) groups is 2. The Hall–Kier alpha value is -2.89. The van der Waals surface area contributed by atoms with E-state index in [1.54, 1.807) is 19.3 Å². The van der Waals surface area contributed by atoms with Crippen LogP contribution < -0.4 is 5.32 Å². The van der Waals surface area contributed by atoms with Gasteiger partial charge in [0.05, 0.1) is 11.6 Å². The number of nitrogens with zero attached hydrogens (tertiary/aromatic N) is 3. The highest BCUT2D eigenvalue weighted by Crippen LogP contribution is 2.46. The second-order valence-electron chi connectivity index (χ2n) is 7.98. The number of aryl methyl sites for hydroxylation is 1.